The number of hydrogen-bond donors (Lipinski definition) is 1. The van der Waals surface area contributed by atoms with Crippen LogP contribution in [0.1, 0.15) is 5.56 Å². The number of carbonyl (C=O) groups is 1. The highest BCUT2D eigenvalue weighted by Crippen LogP contribution is 2.33. The van der Waals surface area contributed by atoms with Gasteiger partial charge in [0.1, 0.15) is 17.3 Å². The lowest BCUT2D eigenvalue weighted by atomic mass is 10.2. The Kier molecular flexibility index (Phi) is 5.07. The number of urea groups is 1. The number of para-hydroxylation sites is 1. The largest absolute Gasteiger partial charge is 0.345 e. The first-order valence-electron chi connectivity index (χ1n) is 8.74. The number of fused-ring (bicyclic) bond motifs is 1. The topological polar surface area (TPSA) is 48.5 Å². The summed E-state index contributed by atoms with van der Waals surface area (Å²) in [6, 6.07) is 6.78. The van der Waals surface area contributed by atoms with Crippen LogP contribution in [0.4, 0.5) is 24.4 Å². The molecule has 1 aromatic heterocycles. The molecule has 28 heavy (non-hydrogen) atoms. The third-order valence-corrected chi connectivity index (χ3v) is 6.26. The molecule has 4 rings (SSSR count). The van der Waals surface area contributed by atoms with E-state index in [-0.39, 0.29) is 0 Å². The van der Waals surface area contributed by atoms with Gasteiger partial charge in [-0.15, -0.1) is 0 Å². The van der Waals surface area contributed by atoms with E-state index in [1.54, 1.807) is 11.3 Å². The van der Waals surface area contributed by atoms with Crippen molar-refractivity contribution in [2.45, 2.75) is 6.92 Å². The van der Waals surface area contributed by atoms with Crippen molar-refractivity contribution in [3.8, 4) is 0 Å². The van der Waals surface area contributed by atoms with Gasteiger partial charge >= 0.3 is 6.03 Å². The number of piperazine rings is 1. The molecule has 0 unspecified atom stereocenters. The summed E-state index contributed by atoms with van der Waals surface area (Å²) in [5.74, 6) is -1.59. The number of aromatic nitrogens is 1. The van der Waals surface area contributed by atoms with E-state index >= 15 is 0 Å². The van der Waals surface area contributed by atoms with Crippen molar-refractivity contribution in [1.82, 2.24) is 9.88 Å². The number of amides is 2. The number of halogens is 3. The summed E-state index contributed by atoms with van der Waals surface area (Å²) in [5.41, 5.74) is 1.42. The zero-order chi connectivity index (χ0) is 19.8. The van der Waals surface area contributed by atoms with Crippen molar-refractivity contribution >= 4 is 50.0 Å². The summed E-state index contributed by atoms with van der Waals surface area (Å²) in [5, 5.41) is 3.89. The molecule has 0 radical (unpaired) electrons. The van der Waals surface area contributed by atoms with Crippen LogP contribution in [0, 0.1) is 18.6 Å². The number of hydrogen-bond acceptors (Lipinski definition) is 4. The van der Waals surface area contributed by atoms with Gasteiger partial charge in [0.2, 0.25) is 0 Å². The number of nitrogens with zero attached hydrogens (tertiary/aromatic N) is 3. The van der Waals surface area contributed by atoms with Gasteiger partial charge in [0.15, 0.2) is 5.13 Å². The molecule has 146 valence electrons. The summed E-state index contributed by atoms with van der Waals surface area (Å²) in [6.07, 6.45) is 0. The quantitative estimate of drug-likeness (QED) is 0.639. The van der Waals surface area contributed by atoms with E-state index in [1.165, 1.54) is 11.0 Å². The summed E-state index contributed by atoms with van der Waals surface area (Å²) in [4.78, 5) is 20.7. The van der Waals surface area contributed by atoms with Gasteiger partial charge in [-0.3, -0.25) is 0 Å². The van der Waals surface area contributed by atoms with Crippen LogP contribution >= 0.6 is 22.9 Å². The zero-order valence-electron chi connectivity index (χ0n) is 15.0. The zero-order valence-corrected chi connectivity index (χ0v) is 16.6. The van der Waals surface area contributed by atoms with Crippen molar-refractivity contribution in [2.24, 2.45) is 0 Å². The molecule has 2 heterocycles. The predicted octanol–water partition coefficient (Wildman–Crippen LogP) is 4.89. The van der Waals surface area contributed by atoms with Crippen LogP contribution in [0.25, 0.3) is 10.2 Å². The number of carbonyl (C=O) groups excluding carboxylic acids is 1. The SMILES string of the molecule is Cc1c(Cl)ccc2sc(N3CCN(C(=O)Nc4c(F)cccc4F)CC3)nc12. The lowest BCUT2D eigenvalue weighted by Crippen LogP contribution is -2.50. The standard InChI is InChI=1S/C19H17ClF2N4OS/c1-11-12(20)5-6-15-16(11)24-19(28-15)26-9-7-25(8-10-26)18(27)23-17-13(21)3-2-4-14(17)22/h2-6H,7-10H2,1H3,(H,23,27). The Morgan fingerprint density at radius 3 is 2.50 bits per heavy atom. The highest BCUT2D eigenvalue weighted by Gasteiger charge is 2.24. The summed E-state index contributed by atoms with van der Waals surface area (Å²) >= 11 is 7.75. The van der Waals surface area contributed by atoms with E-state index < -0.39 is 23.4 Å². The Bertz CT molecular complexity index is 1030. The molecule has 1 fully saturated rings. The molecule has 0 bridgehead atoms. The van der Waals surface area contributed by atoms with E-state index in [2.05, 4.69) is 10.2 Å². The average molecular weight is 423 g/mol. The van der Waals surface area contributed by atoms with Crippen LogP contribution in [0.2, 0.25) is 5.02 Å². The van der Waals surface area contributed by atoms with Crippen molar-refractivity contribution < 1.29 is 13.6 Å². The van der Waals surface area contributed by atoms with Crippen molar-refractivity contribution in [2.75, 3.05) is 36.4 Å². The minimum absolute atomic E-state index is 0.423. The number of thiazole rings is 1. The molecule has 0 spiro atoms. The fourth-order valence-electron chi connectivity index (χ4n) is 3.13. The van der Waals surface area contributed by atoms with E-state index in [4.69, 9.17) is 16.6 Å². The summed E-state index contributed by atoms with van der Waals surface area (Å²) < 4.78 is 28.5. The van der Waals surface area contributed by atoms with Gasteiger partial charge in [0, 0.05) is 31.2 Å². The first-order valence-corrected chi connectivity index (χ1v) is 9.94. The van der Waals surface area contributed by atoms with Crippen LogP contribution < -0.4 is 10.2 Å². The van der Waals surface area contributed by atoms with Crippen molar-refractivity contribution in [3.05, 3.63) is 52.6 Å². The van der Waals surface area contributed by atoms with Gasteiger partial charge in [-0.25, -0.2) is 18.6 Å². The Morgan fingerprint density at radius 2 is 1.82 bits per heavy atom. The van der Waals surface area contributed by atoms with Crippen LogP contribution in [-0.2, 0) is 0 Å². The Hall–Kier alpha value is -2.45. The Morgan fingerprint density at radius 1 is 1.14 bits per heavy atom. The number of aryl methyl sites for hydroxylation is 1. The molecular weight excluding hydrogens is 406 g/mol. The second-order valence-corrected chi connectivity index (χ2v) is 7.93. The van der Waals surface area contributed by atoms with Gasteiger partial charge in [-0.05, 0) is 36.8 Å². The minimum atomic E-state index is -0.796. The lowest BCUT2D eigenvalue weighted by molar-refractivity contribution is 0.208. The van der Waals surface area contributed by atoms with Gasteiger partial charge in [0.25, 0.3) is 0 Å². The molecule has 3 aromatic rings. The molecule has 2 amide bonds. The first kappa shape index (κ1) is 18.9. The van der Waals surface area contributed by atoms with Gasteiger partial charge in [-0.1, -0.05) is 29.0 Å². The molecule has 0 aliphatic carbocycles. The number of nitrogens with one attached hydrogen (secondary N) is 1. The Labute approximate surface area is 169 Å². The maximum atomic E-state index is 13.7. The summed E-state index contributed by atoms with van der Waals surface area (Å²) in [7, 11) is 0. The molecule has 1 N–H and O–H groups in total. The highest BCUT2D eigenvalue weighted by atomic mass is 35.5. The monoisotopic (exact) mass is 422 g/mol. The number of benzene rings is 2. The molecule has 1 saturated heterocycles. The maximum Gasteiger partial charge on any atom is 0.322 e. The first-order chi connectivity index (χ1) is 13.4. The third-order valence-electron chi connectivity index (χ3n) is 4.77. The van der Waals surface area contributed by atoms with Crippen LogP contribution in [-0.4, -0.2) is 42.1 Å². The molecule has 0 saturated carbocycles. The lowest BCUT2D eigenvalue weighted by Gasteiger charge is -2.34. The second-order valence-electron chi connectivity index (χ2n) is 6.52. The summed E-state index contributed by atoms with van der Waals surface area (Å²) in [6.45, 7) is 3.97. The van der Waals surface area contributed by atoms with Crippen LogP contribution in [0.5, 0.6) is 0 Å². The molecular formula is C19H17ClF2N4OS. The van der Waals surface area contributed by atoms with Gasteiger partial charge in [0.05, 0.1) is 10.2 Å². The van der Waals surface area contributed by atoms with Crippen molar-refractivity contribution in [1.29, 1.82) is 0 Å². The molecule has 2 aromatic carbocycles. The molecule has 9 heteroatoms. The second kappa shape index (κ2) is 7.52. The number of anilines is 2. The van der Waals surface area contributed by atoms with Crippen LogP contribution in [0.15, 0.2) is 30.3 Å². The maximum absolute atomic E-state index is 13.7. The minimum Gasteiger partial charge on any atom is -0.345 e. The van der Waals surface area contributed by atoms with E-state index in [1.807, 2.05) is 19.1 Å². The van der Waals surface area contributed by atoms with Crippen LogP contribution in [0.3, 0.4) is 0 Å². The third kappa shape index (κ3) is 3.49. The van der Waals surface area contributed by atoms with Gasteiger partial charge < -0.3 is 15.1 Å². The normalized spacial score (nSPS) is 14.6. The Balaban J connectivity index is 1.43. The fraction of sp³-hybridized carbons (Fsp3) is 0.263. The molecule has 5 nitrogen and oxygen atoms in total. The van der Waals surface area contributed by atoms with Gasteiger partial charge in [-0.2, -0.15) is 0 Å². The molecule has 1 aliphatic rings. The smallest absolute Gasteiger partial charge is 0.322 e. The predicted molar refractivity (Wildman–Crippen MR) is 109 cm³/mol. The van der Waals surface area contributed by atoms with E-state index in [0.29, 0.717) is 31.2 Å². The van der Waals surface area contributed by atoms with E-state index in [0.717, 1.165) is 33.0 Å². The molecule has 0 atom stereocenters. The average Bonchev–Trinajstić information content (AvgIpc) is 3.13. The van der Waals surface area contributed by atoms with E-state index in [9.17, 15) is 13.6 Å². The fourth-order valence-corrected chi connectivity index (χ4v) is 4.36. The number of rotatable bonds is 2. The highest BCUT2D eigenvalue weighted by molar-refractivity contribution is 7.22. The molecule has 1 aliphatic heterocycles. The van der Waals surface area contributed by atoms with Crippen molar-refractivity contribution in [3.63, 3.8) is 0 Å².